The Morgan fingerprint density at radius 2 is 1.25 bits per heavy atom. The number of carbonyl (C=O) groups excluding carboxylic acids is 1. The zero-order chi connectivity index (χ0) is 37.6. The Labute approximate surface area is 295 Å². The van der Waals surface area contributed by atoms with E-state index in [9.17, 15) is 61.0 Å². The monoisotopic (exact) mass is 742 g/mol. The van der Waals surface area contributed by atoms with Crippen LogP contribution in [0.5, 0.6) is 23.0 Å². The molecule has 11 N–H and O–H groups in total. The molecule has 3 fully saturated rings. The number of ether oxygens (including phenoxy) is 7. The Hall–Kier alpha value is -3.25. The first-order chi connectivity index (χ1) is 24.7. The molecule has 2 aromatic rings. The average Bonchev–Trinajstić information content (AvgIpc) is 3.12. The summed E-state index contributed by atoms with van der Waals surface area (Å²) in [6.07, 6.45) is -24.2. The van der Waals surface area contributed by atoms with E-state index in [1.165, 1.54) is 25.1 Å². The summed E-state index contributed by atoms with van der Waals surface area (Å²) in [6.45, 7) is 0.0222. The van der Waals surface area contributed by atoms with Crippen molar-refractivity contribution in [2.45, 2.75) is 112 Å². The minimum atomic E-state index is -1.80. The molecule has 4 heterocycles. The fourth-order valence-corrected chi connectivity index (χ4v) is 6.44. The molecule has 2 aromatic carbocycles. The number of Topliss-reactive ketones (excluding diaryl/α,β-unsaturated/α-hetero) is 1. The molecule has 0 bridgehead atoms. The maximum Gasteiger partial charge on any atom is 0.229 e. The van der Waals surface area contributed by atoms with Crippen LogP contribution in [0.1, 0.15) is 35.4 Å². The molecule has 288 valence electrons. The largest absolute Gasteiger partial charge is 0.507 e. The van der Waals surface area contributed by atoms with Crippen LogP contribution in [-0.2, 0) is 18.9 Å². The fourth-order valence-electron chi connectivity index (χ4n) is 6.44. The van der Waals surface area contributed by atoms with Gasteiger partial charge in [0.1, 0.15) is 95.7 Å². The number of rotatable bonds is 9. The van der Waals surface area contributed by atoms with E-state index in [-0.39, 0.29) is 29.2 Å². The van der Waals surface area contributed by atoms with Gasteiger partial charge in [0.25, 0.3) is 0 Å². The first kappa shape index (κ1) is 38.5. The quantitative estimate of drug-likeness (QED) is 0.118. The molecule has 0 aromatic heterocycles. The third kappa shape index (κ3) is 7.43. The molecule has 1 unspecified atom stereocenters. The average molecular weight is 743 g/mol. The van der Waals surface area contributed by atoms with Crippen LogP contribution in [0.25, 0.3) is 0 Å². The summed E-state index contributed by atoms with van der Waals surface area (Å²) in [5.41, 5.74) is 0.345. The molecular weight excluding hydrogens is 700 g/mol. The van der Waals surface area contributed by atoms with E-state index in [1.807, 2.05) is 0 Å². The van der Waals surface area contributed by atoms with Crippen molar-refractivity contribution in [3.05, 3.63) is 47.5 Å². The van der Waals surface area contributed by atoms with Gasteiger partial charge in [-0.1, -0.05) is 12.1 Å². The van der Waals surface area contributed by atoms with Gasteiger partial charge < -0.3 is 89.3 Å². The van der Waals surface area contributed by atoms with E-state index < -0.39 is 123 Å². The number of benzene rings is 2. The Morgan fingerprint density at radius 1 is 0.673 bits per heavy atom. The Morgan fingerprint density at radius 3 is 1.90 bits per heavy atom. The normalized spacial score (nSPS) is 40.8. The van der Waals surface area contributed by atoms with Crippen molar-refractivity contribution < 1.29 is 94.1 Å². The number of ketones is 1. The predicted molar refractivity (Wildman–Crippen MR) is 167 cm³/mol. The fraction of sp³-hybridized carbons (Fsp3) is 0.606. The van der Waals surface area contributed by atoms with Crippen LogP contribution in [-0.4, -0.2) is 167 Å². The molecule has 16 atom stereocenters. The van der Waals surface area contributed by atoms with Crippen molar-refractivity contribution in [3.8, 4) is 23.0 Å². The van der Waals surface area contributed by atoms with Crippen LogP contribution in [0.15, 0.2) is 36.4 Å². The van der Waals surface area contributed by atoms with E-state index in [0.29, 0.717) is 5.56 Å². The number of aliphatic hydroxyl groups excluding tert-OH is 10. The van der Waals surface area contributed by atoms with Crippen LogP contribution in [0.4, 0.5) is 0 Å². The first-order valence-corrected chi connectivity index (χ1v) is 16.5. The lowest BCUT2D eigenvalue weighted by molar-refractivity contribution is -0.354. The van der Waals surface area contributed by atoms with E-state index in [1.54, 1.807) is 12.1 Å². The second kappa shape index (κ2) is 15.6. The second-order valence-electron chi connectivity index (χ2n) is 13.0. The van der Waals surface area contributed by atoms with Gasteiger partial charge in [-0.3, -0.25) is 4.79 Å². The summed E-state index contributed by atoms with van der Waals surface area (Å²) in [5.74, 6) is -1.09. The molecule has 4 aliphatic rings. The molecule has 6 rings (SSSR count). The highest BCUT2D eigenvalue weighted by Crippen LogP contribution is 2.43. The van der Waals surface area contributed by atoms with Gasteiger partial charge in [-0.25, -0.2) is 0 Å². The van der Waals surface area contributed by atoms with Crippen molar-refractivity contribution in [2.75, 3.05) is 13.2 Å². The van der Waals surface area contributed by atoms with E-state index >= 15 is 0 Å². The summed E-state index contributed by atoms with van der Waals surface area (Å²) >= 11 is 0. The third-order valence-corrected chi connectivity index (χ3v) is 9.50. The molecular formula is C33H42O19. The van der Waals surface area contributed by atoms with Gasteiger partial charge in [0.05, 0.1) is 25.7 Å². The van der Waals surface area contributed by atoms with E-state index in [0.717, 1.165) is 6.07 Å². The Balaban J connectivity index is 1.19. The number of carbonyl (C=O) groups is 1. The smallest absolute Gasteiger partial charge is 0.229 e. The van der Waals surface area contributed by atoms with E-state index in [2.05, 4.69) is 0 Å². The second-order valence-corrected chi connectivity index (χ2v) is 13.0. The lowest BCUT2D eigenvalue weighted by atomic mass is 9.95. The molecule has 0 spiro atoms. The van der Waals surface area contributed by atoms with E-state index in [4.69, 9.17) is 33.2 Å². The summed E-state index contributed by atoms with van der Waals surface area (Å²) in [6, 6.07) is 8.40. The van der Waals surface area contributed by atoms with Crippen molar-refractivity contribution in [1.29, 1.82) is 0 Å². The van der Waals surface area contributed by atoms with Gasteiger partial charge in [0.2, 0.25) is 12.6 Å². The zero-order valence-corrected chi connectivity index (χ0v) is 27.5. The Bertz CT molecular complexity index is 1540. The van der Waals surface area contributed by atoms with Crippen molar-refractivity contribution in [3.63, 3.8) is 0 Å². The summed E-state index contributed by atoms with van der Waals surface area (Å²) < 4.78 is 39.8. The maximum absolute atomic E-state index is 13.2. The zero-order valence-electron chi connectivity index (χ0n) is 27.5. The van der Waals surface area contributed by atoms with Crippen LogP contribution in [0.3, 0.4) is 0 Å². The van der Waals surface area contributed by atoms with Crippen molar-refractivity contribution >= 4 is 5.78 Å². The standard InChI is InChI=1S/C33H42O19/c1-11-22(38)25(41)28(44)31(46-11)52-30-27(43)24(40)20(10-35)51-33(30)48-14-6-15(36)21-16(37)8-17(49-18(21)7-14)12-2-4-13(5-3-12)47-32-29(45)26(42)23(39)19(9-34)50-32/h2-7,11,17,19-20,22-36,38-45H,8-10H2,1H3/t11-,17?,19+,20+,22+,23-,24+,25+,26-,27-,28+,29+,30+,31-,32-,33+/m0/s1. The highest BCUT2D eigenvalue weighted by Gasteiger charge is 2.51. The number of hydrogen-bond donors (Lipinski definition) is 11. The van der Waals surface area contributed by atoms with Crippen LogP contribution in [0.2, 0.25) is 0 Å². The summed E-state index contributed by atoms with van der Waals surface area (Å²) in [5, 5.41) is 113. The lowest BCUT2D eigenvalue weighted by Crippen LogP contribution is -2.64. The van der Waals surface area contributed by atoms with Gasteiger partial charge >= 0.3 is 0 Å². The minimum Gasteiger partial charge on any atom is -0.507 e. The van der Waals surface area contributed by atoms with Gasteiger partial charge in [0.15, 0.2) is 18.2 Å². The number of aliphatic hydroxyl groups is 10. The Kier molecular flexibility index (Phi) is 11.6. The third-order valence-electron chi connectivity index (χ3n) is 9.50. The lowest BCUT2D eigenvalue weighted by Gasteiger charge is -2.45. The maximum atomic E-state index is 13.2. The SMILES string of the molecule is C[C@@H]1O[C@@H](O[C@H]2[C@H](Oc3cc(O)c4c(c3)OC(c3ccc(O[C@H]5O[C@H](CO)[C@H](O)[C@H](O)[C@H]5O)cc3)CC4=O)O[C@H](CO)[C@@H](O)[C@@H]2O)[C@H](O)[C@H](O)[C@@H]1O. The molecule has 52 heavy (non-hydrogen) atoms. The predicted octanol–water partition coefficient (Wildman–Crippen LogP) is -3.69. The molecule has 0 radical (unpaired) electrons. The minimum absolute atomic E-state index is 0.0950. The number of fused-ring (bicyclic) bond motifs is 1. The summed E-state index contributed by atoms with van der Waals surface area (Å²) in [4.78, 5) is 13.2. The van der Waals surface area contributed by atoms with Gasteiger partial charge in [-0.05, 0) is 24.6 Å². The summed E-state index contributed by atoms with van der Waals surface area (Å²) in [7, 11) is 0. The van der Waals surface area contributed by atoms with Crippen molar-refractivity contribution in [1.82, 2.24) is 0 Å². The number of aromatic hydroxyl groups is 1. The first-order valence-electron chi connectivity index (χ1n) is 16.5. The van der Waals surface area contributed by atoms with Crippen LogP contribution in [0, 0.1) is 0 Å². The molecule has 0 aliphatic carbocycles. The highest BCUT2D eigenvalue weighted by molar-refractivity contribution is 6.02. The molecule has 4 aliphatic heterocycles. The molecule has 0 amide bonds. The van der Waals surface area contributed by atoms with Crippen LogP contribution >= 0.6 is 0 Å². The number of phenolic OH excluding ortho intramolecular Hbond substituents is 1. The van der Waals surface area contributed by atoms with Crippen molar-refractivity contribution in [2.24, 2.45) is 0 Å². The number of phenols is 1. The molecule has 19 heteroatoms. The molecule has 0 saturated carbocycles. The molecule has 3 saturated heterocycles. The van der Waals surface area contributed by atoms with Gasteiger partial charge in [-0.2, -0.15) is 0 Å². The van der Waals surface area contributed by atoms with Gasteiger partial charge in [0, 0.05) is 12.1 Å². The van der Waals surface area contributed by atoms with Crippen LogP contribution < -0.4 is 14.2 Å². The molecule has 19 nitrogen and oxygen atoms in total. The van der Waals surface area contributed by atoms with Gasteiger partial charge in [-0.15, -0.1) is 0 Å². The topological polar surface area (TPSA) is 304 Å². The highest BCUT2D eigenvalue weighted by atomic mass is 16.8. The number of hydrogen-bond acceptors (Lipinski definition) is 19.